The molecular formula is C24H16Cl2N4O5. The van der Waals surface area contributed by atoms with Gasteiger partial charge in [-0.3, -0.25) is 19.8 Å². The Labute approximate surface area is 208 Å². The monoisotopic (exact) mass is 510 g/mol. The number of rotatable bonds is 4. The van der Waals surface area contributed by atoms with Crippen molar-refractivity contribution < 1.29 is 23.9 Å². The molecule has 0 atom stereocenters. The van der Waals surface area contributed by atoms with Gasteiger partial charge in [-0.05, 0) is 54.6 Å². The molecule has 2 heterocycles. The van der Waals surface area contributed by atoms with E-state index in [9.17, 15) is 14.4 Å². The van der Waals surface area contributed by atoms with Crippen molar-refractivity contribution in [1.82, 2.24) is 4.68 Å². The first-order valence-electron chi connectivity index (χ1n) is 10.3. The normalized spacial score (nSPS) is 11.8. The van der Waals surface area contributed by atoms with Gasteiger partial charge >= 0.3 is 11.8 Å². The lowest BCUT2D eigenvalue weighted by atomic mass is 10.2. The topological polar surface area (TPSA) is 111 Å². The molecule has 3 N–H and O–H groups in total. The van der Waals surface area contributed by atoms with Crippen molar-refractivity contribution in [2.45, 2.75) is 0 Å². The fraction of sp³-hybridized carbons (Fsp3) is 0.0417. The van der Waals surface area contributed by atoms with Crippen molar-refractivity contribution in [3.05, 3.63) is 82.5 Å². The molecule has 0 bridgehead atoms. The van der Waals surface area contributed by atoms with E-state index in [1.807, 2.05) is 0 Å². The molecule has 0 aliphatic carbocycles. The molecule has 1 aliphatic heterocycles. The van der Waals surface area contributed by atoms with Crippen LogP contribution in [0.2, 0.25) is 10.0 Å². The number of nitrogens with zero attached hydrogens (tertiary/aromatic N) is 1. The van der Waals surface area contributed by atoms with E-state index < -0.39 is 17.7 Å². The maximum Gasteiger partial charge on any atom is 0.328 e. The number of amides is 3. The number of carbonyl (C=O) groups excluding carboxylic acids is 3. The SMILES string of the molecule is O=C(Nc1ccc2c(c1)OCO2)C(=O)Nn1c(C(=O)Nc2cccc(Cl)c2)cc2cc(Cl)ccc21. The number of benzene rings is 3. The molecule has 0 saturated carbocycles. The van der Waals surface area contributed by atoms with Gasteiger partial charge in [-0.25, -0.2) is 4.68 Å². The molecule has 11 heteroatoms. The van der Waals surface area contributed by atoms with Crippen molar-refractivity contribution in [2.75, 3.05) is 22.9 Å². The zero-order valence-corrected chi connectivity index (χ0v) is 19.3. The smallest absolute Gasteiger partial charge is 0.328 e. The quantitative estimate of drug-likeness (QED) is 0.346. The van der Waals surface area contributed by atoms with Crippen molar-refractivity contribution in [3.63, 3.8) is 0 Å². The van der Waals surface area contributed by atoms with Gasteiger partial charge in [0.2, 0.25) is 6.79 Å². The van der Waals surface area contributed by atoms with Gasteiger partial charge < -0.3 is 20.1 Å². The third kappa shape index (κ3) is 4.72. The largest absolute Gasteiger partial charge is 0.454 e. The number of halogens is 2. The first-order valence-corrected chi connectivity index (χ1v) is 11.0. The summed E-state index contributed by atoms with van der Waals surface area (Å²) in [5.74, 6) is -1.47. The van der Waals surface area contributed by atoms with Crippen LogP contribution in [-0.2, 0) is 9.59 Å². The van der Waals surface area contributed by atoms with Crippen LogP contribution in [0, 0.1) is 0 Å². The van der Waals surface area contributed by atoms with Crippen LogP contribution in [0.5, 0.6) is 11.5 Å². The van der Waals surface area contributed by atoms with E-state index in [1.165, 1.54) is 4.68 Å². The summed E-state index contributed by atoms with van der Waals surface area (Å²) in [6, 6.07) is 17.8. The molecule has 5 rings (SSSR count). The number of carbonyl (C=O) groups is 3. The average molecular weight is 511 g/mol. The summed E-state index contributed by atoms with van der Waals surface area (Å²) in [5, 5.41) is 6.71. The molecule has 1 aromatic heterocycles. The van der Waals surface area contributed by atoms with Gasteiger partial charge in [-0.1, -0.05) is 29.3 Å². The van der Waals surface area contributed by atoms with E-state index in [1.54, 1.807) is 66.7 Å². The second-order valence-electron chi connectivity index (χ2n) is 7.50. The summed E-state index contributed by atoms with van der Waals surface area (Å²) < 4.78 is 11.7. The first-order chi connectivity index (χ1) is 16.9. The fourth-order valence-electron chi connectivity index (χ4n) is 3.55. The highest BCUT2D eigenvalue weighted by molar-refractivity contribution is 6.42. The molecule has 0 unspecified atom stereocenters. The number of ether oxygens (including phenoxy) is 2. The molecule has 3 aromatic carbocycles. The molecule has 0 saturated heterocycles. The Hall–Kier alpha value is -4.21. The van der Waals surface area contributed by atoms with E-state index in [0.717, 1.165) is 0 Å². The lowest BCUT2D eigenvalue weighted by Crippen LogP contribution is -2.36. The summed E-state index contributed by atoms with van der Waals surface area (Å²) in [4.78, 5) is 38.4. The first kappa shape index (κ1) is 22.6. The minimum atomic E-state index is -0.994. The summed E-state index contributed by atoms with van der Waals surface area (Å²) >= 11 is 12.1. The number of hydrogen-bond acceptors (Lipinski definition) is 5. The summed E-state index contributed by atoms with van der Waals surface area (Å²) in [6.45, 7) is 0.0813. The summed E-state index contributed by atoms with van der Waals surface area (Å²) in [5.41, 5.74) is 3.83. The fourth-order valence-corrected chi connectivity index (χ4v) is 3.92. The third-order valence-electron chi connectivity index (χ3n) is 5.13. The van der Waals surface area contributed by atoms with E-state index in [2.05, 4.69) is 16.1 Å². The number of nitrogens with one attached hydrogen (secondary N) is 3. The number of aromatic nitrogens is 1. The minimum absolute atomic E-state index is 0.0754. The zero-order chi connectivity index (χ0) is 24.5. The second-order valence-corrected chi connectivity index (χ2v) is 8.37. The maximum atomic E-state index is 13.1. The Kier molecular flexibility index (Phi) is 5.94. The minimum Gasteiger partial charge on any atom is -0.454 e. The Bertz CT molecular complexity index is 1500. The van der Waals surface area contributed by atoms with E-state index in [0.29, 0.717) is 43.8 Å². The van der Waals surface area contributed by atoms with Crippen LogP contribution >= 0.6 is 23.2 Å². The van der Waals surface area contributed by atoms with E-state index in [4.69, 9.17) is 32.7 Å². The molecular weight excluding hydrogens is 495 g/mol. The zero-order valence-electron chi connectivity index (χ0n) is 17.8. The maximum absolute atomic E-state index is 13.1. The number of anilines is 2. The molecule has 0 spiro atoms. The Balaban J connectivity index is 1.40. The molecule has 0 radical (unpaired) electrons. The van der Waals surface area contributed by atoms with Gasteiger partial charge in [0.1, 0.15) is 5.69 Å². The Morgan fingerprint density at radius 3 is 2.37 bits per heavy atom. The molecule has 0 fully saturated rings. The van der Waals surface area contributed by atoms with Gasteiger partial charge in [0.15, 0.2) is 11.5 Å². The van der Waals surface area contributed by atoms with Crippen LogP contribution in [0.4, 0.5) is 11.4 Å². The van der Waals surface area contributed by atoms with Gasteiger partial charge in [0.05, 0.1) is 5.52 Å². The highest BCUT2D eigenvalue weighted by Crippen LogP contribution is 2.34. The van der Waals surface area contributed by atoms with Crippen LogP contribution in [0.15, 0.2) is 66.7 Å². The lowest BCUT2D eigenvalue weighted by Gasteiger charge is -2.13. The van der Waals surface area contributed by atoms with Crippen LogP contribution in [0.1, 0.15) is 10.5 Å². The van der Waals surface area contributed by atoms with E-state index in [-0.39, 0.29) is 12.5 Å². The van der Waals surface area contributed by atoms with Crippen molar-refractivity contribution in [3.8, 4) is 11.5 Å². The Morgan fingerprint density at radius 2 is 1.54 bits per heavy atom. The molecule has 1 aliphatic rings. The van der Waals surface area contributed by atoms with Gasteiger partial charge in [-0.15, -0.1) is 0 Å². The molecule has 176 valence electrons. The number of fused-ring (bicyclic) bond motifs is 2. The average Bonchev–Trinajstić information content (AvgIpc) is 3.43. The predicted octanol–water partition coefficient (Wildman–Crippen LogP) is 4.64. The molecule has 4 aromatic rings. The van der Waals surface area contributed by atoms with Crippen LogP contribution in [0.25, 0.3) is 10.9 Å². The second kappa shape index (κ2) is 9.21. The van der Waals surface area contributed by atoms with Gasteiger partial charge in [0, 0.05) is 32.9 Å². The van der Waals surface area contributed by atoms with Crippen molar-refractivity contribution in [2.24, 2.45) is 0 Å². The van der Waals surface area contributed by atoms with Gasteiger partial charge in [-0.2, -0.15) is 0 Å². The highest BCUT2D eigenvalue weighted by atomic mass is 35.5. The van der Waals surface area contributed by atoms with E-state index >= 15 is 0 Å². The van der Waals surface area contributed by atoms with Crippen LogP contribution < -0.4 is 25.5 Å². The third-order valence-corrected chi connectivity index (χ3v) is 5.60. The van der Waals surface area contributed by atoms with Gasteiger partial charge in [0.25, 0.3) is 5.91 Å². The highest BCUT2D eigenvalue weighted by Gasteiger charge is 2.22. The van der Waals surface area contributed by atoms with Crippen LogP contribution in [0.3, 0.4) is 0 Å². The number of hydrogen-bond donors (Lipinski definition) is 3. The summed E-state index contributed by atoms with van der Waals surface area (Å²) in [7, 11) is 0. The lowest BCUT2D eigenvalue weighted by molar-refractivity contribution is -0.133. The van der Waals surface area contributed by atoms with Crippen molar-refractivity contribution in [1.29, 1.82) is 0 Å². The standard InChI is InChI=1S/C24H16Cl2N4O5/c25-14-2-1-3-16(10-14)27-22(31)19-9-13-8-15(26)4-6-18(13)30(19)29-24(33)23(32)28-17-5-7-20-21(11-17)35-12-34-20/h1-11H,12H2,(H,27,31)(H,28,32)(H,29,33). The predicted molar refractivity (Wildman–Crippen MR) is 132 cm³/mol. The Morgan fingerprint density at radius 1 is 0.771 bits per heavy atom. The molecule has 35 heavy (non-hydrogen) atoms. The van der Waals surface area contributed by atoms with Crippen LogP contribution in [-0.4, -0.2) is 29.2 Å². The van der Waals surface area contributed by atoms with Crippen molar-refractivity contribution >= 4 is 63.2 Å². The molecule has 3 amide bonds. The molecule has 9 nitrogen and oxygen atoms in total. The summed E-state index contributed by atoms with van der Waals surface area (Å²) in [6.07, 6.45) is 0.